The van der Waals surface area contributed by atoms with Gasteiger partial charge >= 0.3 is 6.03 Å². The Morgan fingerprint density at radius 2 is 1.87 bits per heavy atom. The molecule has 0 aliphatic carbocycles. The summed E-state index contributed by atoms with van der Waals surface area (Å²) in [6, 6.07) is 12.8. The third kappa shape index (κ3) is 4.62. The first-order chi connectivity index (χ1) is 14.7. The monoisotopic (exact) mass is 424 g/mol. The van der Waals surface area contributed by atoms with Gasteiger partial charge in [0.1, 0.15) is 12.4 Å². The minimum atomic E-state index is -0.529. The Hall–Kier alpha value is -3.56. The Balaban J connectivity index is 1.82. The van der Waals surface area contributed by atoms with Crippen LogP contribution in [0.4, 0.5) is 10.5 Å². The predicted molar refractivity (Wildman–Crippen MR) is 119 cm³/mol. The number of nitrogens with zero attached hydrogens (tertiary/aromatic N) is 4. The summed E-state index contributed by atoms with van der Waals surface area (Å²) in [6.45, 7) is 4.16. The molecule has 0 fully saturated rings. The first kappa shape index (κ1) is 22.1. The smallest absolute Gasteiger partial charge is 0.352 e. The molecule has 0 aliphatic rings. The second kappa shape index (κ2) is 9.07. The van der Waals surface area contributed by atoms with E-state index in [9.17, 15) is 4.79 Å². The highest BCUT2D eigenvalue weighted by Gasteiger charge is 2.19. The molecule has 4 N–H and O–H groups in total. The van der Waals surface area contributed by atoms with Crippen molar-refractivity contribution in [3.63, 3.8) is 0 Å². The van der Waals surface area contributed by atoms with Gasteiger partial charge in [-0.15, -0.1) is 0 Å². The van der Waals surface area contributed by atoms with Crippen molar-refractivity contribution in [2.24, 2.45) is 18.7 Å². The minimum Gasteiger partial charge on any atom is -0.489 e. The number of ether oxygens (including phenoxy) is 2. The number of benzene rings is 2. The summed E-state index contributed by atoms with van der Waals surface area (Å²) in [7, 11) is 4.89. The van der Waals surface area contributed by atoms with Gasteiger partial charge in [-0.1, -0.05) is 12.1 Å². The molecule has 9 nitrogen and oxygen atoms in total. The number of amides is 2. The number of aryl methyl sites for hydroxylation is 3. The summed E-state index contributed by atoms with van der Waals surface area (Å²) in [5, 5.41) is 6.43. The molecule has 31 heavy (non-hydrogen) atoms. The Kier molecular flexibility index (Phi) is 6.47. The van der Waals surface area contributed by atoms with Gasteiger partial charge in [-0.05, 0) is 49.2 Å². The van der Waals surface area contributed by atoms with Crippen LogP contribution in [-0.2, 0) is 13.7 Å². The van der Waals surface area contributed by atoms with Crippen molar-refractivity contribution in [2.75, 3.05) is 19.2 Å². The van der Waals surface area contributed by atoms with Crippen LogP contribution in [0.15, 0.2) is 42.5 Å². The summed E-state index contributed by atoms with van der Waals surface area (Å²) in [6.07, 6.45) is 0. The van der Waals surface area contributed by atoms with Crippen LogP contribution in [0.3, 0.4) is 0 Å². The van der Waals surface area contributed by atoms with E-state index in [-0.39, 0.29) is 6.61 Å². The third-order valence-corrected chi connectivity index (χ3v) is 5.04. The van der Waals surface area contributed by atoms with E-state index in [1.54, 1.807) is 17.9 Å². The zero-order chi connectivity index (χ0) is 22.7. The molecule has 9 heteroatoms. The van der Waals surface area contributed by atoms with Crippen LogP contribution in [0, 0.1) is 13.8 Å². The maximum Gasteiger partial charge on any atom is 0.352 e. The van der Waals surface area contributed by atoms with Crippen molar-refractivity contribution in [1.29, 1.82) is 0 Å². The van der Waals surface area contributed by atoms with Gasteiger partial charge in [-0.3, -0.25) is 5.01 Å². The number of carbonyl (C=O) groups excluding carboxylic acids is 1. The lowest BCUT2D eigenvalue weighted by atomic mass is 10.1. The maximum absolute atomic E-state index is 12.2. The molecule has 2 aromatic carbocycles. The summed E-state index contributed by atoms with van der Waals surface area (Å²) in [5.41, 5.74) is 5.04. The number of anilines is 1. The lowest BCUT2D eigenvalue weighted by Gasteiger charge is -2.24. The Labute approximate surface area is 181 Å². The Morgan fingerprint density at radius 3 is 2.48 bits per heavy atom. The van der Waals surface area contributed by atoms with Crippen LogP contribution in [0.5, 0.6) is 11.6 Å². The van der Waals surface area contributed by atoms with Crippen molar-refractivity contribution < 1.29 is 14.3 Å². The fraction of sp³-hybridized carbons (Fsp3) is 0.273. The highest BCUT2D eigenvalue weighted by Crippen LogP contribution is 2.29. The van der Waals surface area contributed by atoms with Gasteiger partial charge in [0.25, 0.3) is 0 Å². The molecule has 3 aromatic rings. The molecule has 0 atom stereocenters. The molecular weight excluding hydrogens is 396 g/mol. The number of nitrogens with two attached hydrogens (primary N) is 2. The number of aromatic nitrogens is 2. The Bertz CT molecular complexity index is 1090. The van der Waals surface area contributed by atoms with Crippen LogP contribution in [0.1, 0.15) is 16.7 Å². The second-order valence-electron chi connectivity index (χ2n) is 7.30. The number of urea groups is 1. The van der Waals surface area contributed by atoms with Gasteiger partial charge in [0.15, 0.2) is 0 Å². The van der Waals surface area contributed by atoms with Crippen LogP contribution in [0.2, 0.25) is 0 Å². The molecule has 0 saturated heterocycles. The van der Waals surface area contributed by atoms with Crippen molar-refractivity contribution in [3.05, 3.63) is 59.2 Å². The average Bonchev–Trinajstić information content (AvgIpc) is 3.13. The molecule has 1 heterocycles. The third-order valence-electron chi connectivity index (χ3n) is 5.04. The number of rotatable bonds is 6. The van der Waals surface area contributed by atoms with E-state index in [1.807, 2.05) is 57.3 Å². The molecule has 0 aliphatic heterocycles. The maximum atomic E-state index is 12.2. The van der Waals surface area contributed by atoms with Gasteiger partial charge in [0.05, 0.1) is 18.5 Å². The molecule has 3 rings (SSSR count). The fourth-order valence-corrected chi connectivity index (χ4v) is 3.28. The normalized spacial score (nSPS) is 10.7. The summed E-state index contributed by atoms with van der Waals surface area (Å²) >= 11 is 0. The molecular formula is C22H28N6O3. The SMILES string of the molecule is COc1cc(-c2ccc(OCc3c(C)cccc3N(N)C(=O)N(C)N)c(C)c2)nn1C. The molecule has 0 radical (unpaired) electrons. The molecule has 2 amide bonds. The van der Waals surface area contributed by atoms with E-state index in [0.29, 0.717) is 11.6 Å². The minimum absolute atomic E-state index is 0.245. The van der Waals surface area contributed by atoms with Crippen LogP contribution < -0.4 is 26.2 Å². The molecule has 0 spiro atoms. The zero-order valence-electron chi connectivity index (χ0n) is 18.4. The largest absolute Gasteiger partial charge is 0.489 e. The van der Waals surface area contributed by atoms with Gasteiger partial charge in [-0.2, -0.15) is 5.10 Å². The van der Waals surface area contributed by atoms with Gasteiger partial charge in [0, 0.05) is 31.3 Å². The highest BCUT2D eigenvalue weighted by atomic mass is 16.5. The summed E-state index contributed by atoms with van der Waals surface area (Å²) in [5.74, 6) is 13.0. The standard InChI is InChI=1S/C22H28N6O3/c1-14-7-6-8-19(28(24)22(29)26(3)23)17(14)13-31-20-10-9-16(11-15(20)2)18-12-21(30-5)27(4)25-18/h6-12H,13,23-24H2,1-5H3. The highest BCUT2D eigenvalue weighted by molar-refractivity contribution is 5.91. The number of methoxy groups -OCH3 is 1. The number of hydrogen-bond donors (Lipinski definition) is 2. The van der Waals surface area contributed by atoms with Crippen LogP contribution in [-0.4, -0.2) is 35.0 Å². The van der Waals surface area contributed by atoms with Crippen molar-refractivity contribution in [2.45, 2.75) is 20.5 Å². The molecule has 164 valence electrons. The van der Waals surface area contributed by atoms with Crippen molar-refractivity contribution in [3.8, 4) is 22.9 Å². The average molecular weight is 425 g/mol. The molecule has 1 aromatic heterocycles. The van der Waals surface area contributed by atoms with Crippen LogP contribution >= 0.6 is 0 Å². The van der Waals surface area contributed by atoms with Crippen molar-refractivity contribution in [1.82, 2.24) is 14.8 Å². The van der Waals surface area contributed by atoms with E-state index in [4.69, 9.17) is 21.2 Å². The first-order valence-electron chi connectivity index (χ1n) is 9.70. The first-order valence-corrected chi connectivity index (χ1v) is 9.70. The molecule has 0 saturated carbocycles. The van der Waals surface area contributed by atoms with Gasteiger partial charge in [-0.25, -0.2) is 26.2 Å². The number of hydrogen-bond acceptors (Lipinski definition) is 6. The molecule has 0 bridgehead atoms. The van der Waals surface area contributed by atoms with Gasteiger partial charge in [0.2, 0.25) is 5.88 Å². The predicted octanol–water partition coefficient (Wildman–Crippen LogP) is 2.90. The van der Waals surface area contributed by atoms with Gasteiger partial charge < -0.3 is 9.47 Å². The lowest BCUT2D eigenvalue weighted by molar-refractivity contribution is 0.216. The van der Waals surface area contributed by atoms with E-state index in [2.05, 4.69) is 5.10 Å². The topological polar surface area (TPSA) is 112 Å². The summed E-state index contributed by atoms with van der Waals surface area (Å²) < 4.78 is 13.1. The second-order valence-corrected chi connectivity index (χ2v) is 7.30. The van der Waals surface area contributed by atoms with Crippen molar-refractivity contribution >= 4 is 11.7 Å². The van der Waals surface area contributed by atoms with E-state index in [0.717, 1.165) is 43.7 Å². The quantitative estimate of drug-likeness (QED) is 0.357. The molecule has 0 unspecified atom stereocenters. The Morgan fingerprint density at radius 1 is 1.13 bits per heavy atom. The fourth-order valence-electron chi connectivity index (χ4n) is 3.28. The van der Waals surface area contributed by atoms with Crippen LogP contribution in [0.25, 0.3) is 11.3 Å². The lowest BCUT2D eigenvalue weighted by Crippen LogP contribution is -2.49. The van der Waals surface area contributed by atoms with E-state index >= 15 is 0 Å². The number of carbonyl (C=O) groups is 1. The zero-order valence-corrected chi connectivity index (χ0v) is 18.4. The van der Waals surface area contributed by atoms with E-state index < -0.39 is 6.03 Å². The number of hydrazine groups is 2. The summed E-state index contributed by atoms with van der Waals surface area (Å²) in [4.78, 5) is 12.2. The van der Waals surface area contributed by atoms with E-state index in [1.165, 1.54) is 7.05 Å².